The molecular formula is C22H40N4O10P2. The van der Waals surface area contributed by atoms with Gasteiger partial charge in [0.25, 0.3) is 0 Å². The Morgan fingerprint density at radius 3 is 1.76 bits per heavy atom. The largest absolute Gasteiger partial charge is 0.480 e. The van der Waals surface area contributed by atoms with Crippen LogP contribution in [0.2, 0.25) is 0 Å². The molecule has 1 aromatic carbocycles. The second-order valence-corrected chi connectivity index (χ2v) is 10.6. The molecule has 218 valence electrons. The van der Waals surface area contributed by atoms with E-state index in [0.717, 1.165) is 5.56 Å². The van der Waals surface area contributed by atoms with Crippen molar-refractivity contribution in [3.05, 3.63) is 35.9 Å². The van der Waals surface area contributed by atoms with Crippen molar-refractivity contribution in [3.8, 4) is 0 Å². The van der Waals surface area contributed by atoms with Crippen molar-refractivity contribution < 1.29 is 47.7 Å². The zero-order chi connectivity index (χ0) is 27.8. The van der Waals surface area contributed by atoms with E-state index in [1.165, 1.54) is 0 Å². The Labute approximate surface area is 224 Å². The summed E-state index contributed by atoms with van der Waals surface area (Å²) in [5.41, 5.74) is 1.00. The first-order valence-corrected chi connectivity index (χ1v) is 14.9. The van der Waals surface area contributed by atoms with Gasteiger partial charge in [0.05, 0.1) is 25.9 Å². The first-order valence-electron chi connectivity index (χ1n) is 12.3. The topological polar surface area (TPSA) is 173 Å². The van der Waals surface area contributed by atoms with E-state index in [-0.39, 0.29) is 26.6 Å². The van der Waals surface area contributed by atoms with E-state index >= 15 is 0 Å². The maximum absolute atomic E-state index is 11.4. The molecule has 1 aromatic rings. The Balaban J connectivity index is 2.02. The number of carbonyl (C=O) groups is 1. The third-order valence-electron chi connectivity index (χ3n) is 5.92. The van der Waals surface area contributed by atoms with Crippen molar-refractivity contribution in [3.63, 3.8) is 0 Å². The number of nitrogens with zero attached hydrogens (tertiary/aromatic N) is 4. The Kier molecular flexibility index (Phi) is 16.4. The van der Waals surface area contributed by atoms with Crippen LogP contribution in [0.1, 0.15) is 5.56 Å². The number of hydrogen-bond acceptors (Lipinski definition) is 11. The van der Waals surface area contributed by atoms with Gasteiger partial charge in [-0.3, -0.25) is 42.6 Å². The maximum atomic E-state index is 11.4. The molecular weight excluding hydrogens is 542 g/mol. The molecule has 2 rings (SSSR count). The lowest BCUT2D eigenvalue weighted by molar-refractivity contribution is -0.138. The fraction of sp³-hybridized carbons (Fsp3) is 0.682. The van der Waals surface area contributed by atoms with Crippen molar-refractivity contribution in [2.45, 2.75) is 12.7 Å². The zero-order valence-electron chi connectivity index (χ0n) is 21.4. The lowest BCUT2D eigenvalue weighted by atomic mass is 10.2. The Morgan fingerprint density at radius 2 is 1.29 bits per heavy atom. The van der Waals surface area contributed by atoms with Crippen molar-refractivity contribution >= 4 is 22.5 Å². The average Bonchev–Trinajstić information content (AvgIpc) is 2.86. The Bertz CT molecular complexity index is 857. The number of aliphatic carboxylic acids is 1. The van der Waals surface area contributed by atoms with Crippen molar-refractivity contribution in [2.75, 3.05) is 85.5 Å². The zero-order valence-corrected chi connectivity index (χ0v) is 23.4. The lowest BCUT2D eigenvalue weighted by Crippen LogP contribution is -2.48. The van der Waals surface area contributed by atoms with Gasteiger partial charge in [-0.15, -0.1) is 0 Å². The number of β-amino-alcohol motifs (C(OH)–C–C–N with tert-alkyl or cyclic N) is 1. The van der Waals surface area contributed by atoms with Crippen LogP contribution in [0.15, 0.2) is 30.3 Å². The van der Waals surface area contributed by atoms with Gasteiger partial charge < -0.3 is 24.7 Å². The summed E-state index contributed by atoms with van der Waals surface area (Å²) in [6.45, 7) is 3.79. The molecule has 0 aromatic heterocycles. The minimum absolute atomic E-state index is 0.0820. The van der Waals surface area contributed by atoms with Crippen LogP contribution in [-0.2, 0) is 34.3 Å². The molecule has 0 amide bonds. The predicted molar refractivity (Wildman–Crippen MR) is 140 cm³/mol. The highest BCUT2D eigenvalue weighted by Gasteiger charge is 2.20. The molecule has 4 N–H and O–H groups in total. The summed E-state index contributed by atoms with van der Waals surface area (Å²) in [6.07, 6.45) is -0.771. The summed E-state index contributed by atoms with van der Waals surface area (Å²) < 4.78 is 37.7. The molecule has 1 heterocycles. The van der Waals surface area contributed by atoms with Crippen molar-refractivity contribution in [2.24, 2.45) is 0 Å². The van der Waals surface area contributed by atoms with Gasteiger partial charge in [0.1, 0.15) is 13.5 Å². The highest BCUT2D eigenvalue weighted by atomic mass is 31.1. The lowest BCUT2D eigenvalue weighted by Gasteiger charge is -2.34. The van der Waals surface area contributed by atoms with E-state index in [2.05, 4.69) is 0 Å². The van der Waals surface area contributed by atoms with E-state index < -0.39 is 28.6 Å². The molecule has 1 fully saturated rings. The van der Waals surface area contributed by atoms with E-state index in [1.54, 1.807) is 9.80 Å². The highest BCUT2D eigenvalue weighted by Crippen LogP contribution is 2.16. The van der Waals surface area contributed by atoms with Crippen LogP contribution in [-0.4, -0.2) is 137 Å². The smallest absolute Gasteiger partial charge is 0.317 e. The molecule has 0 aliphatic carbocycles. The molecule has 1 aliphatic rings. The molecule has 38 heavy (non-hydrogen) atoms. The predicted octanol–water partition coefficient (Wildman–Crippen LogP) is -0.417. The molecule has 0 spiro atoms. The number of aliphatic hydroxyl groups is 1. The van der Waals surface area contributed by atoms with Crippen LogP contribution in [0, 0.1) is 0 Å². The van der Waals surface area contributed by atoms with Crippen LogP contribution < -0.4 is 0 Å². The molecule has 16 heteroatoms. The number of aliphatic hydroxyl groups excluding tert-OH is 1. The van der Waals surface area contributed by atoms with Crippen LogP contribution in [0.25, 0.3) is 0 Å². The fourth-order valence-corrected chi connectivity index (χ4v) is 4.49. The number of rotatable bonds is 14. The van der Waals surface area contributed by atoms with Gasteiger partial charge in [0.15, 0.2) is 0 Å². The monoisotopic (exact) mass is 582 g/mol. The fourth-order valence-electron chi connectivity index (χ4n) is 3.90. The standard InChI is InChI=1S/C22H40N4O10P2/c27-21(17-34-16-20-4-2-1-3-5-20)14-23-6-7-24(15-22(28)29)9-11-26(19-36-38(32)33)13-12-25(10-8-23)18-35-37(30)31/h1-5,21,27,37-38H,6-19H2,(H,28,29)(H,30,31)(H,32,33). The molecule has 3 atom stereocenters. The minimum Gasteiger partial charge on any atom is -0.480 e. The third-order valence-corrected chi connectivity index (χ3v) is 6.67. The minimum atomic E-state index is -3.14. The van der Waals surface area contributed by atoms with Crippen LogP contribution >= 0.6 is 16.5 Å². The van der Waals surface area contributed by atoms with Crippen LogP contribution in [0.5, 0.6) is 0 Å². The molecule has 1 aliphatic heterocycles. The van der Waals surface area contributed by atoms with E-state index in [1.807, 2.05) is 40.1 Å². The summed E-state index contributed by atoms with van der Waals surface area (Å²) in [4.78, 5) is 37.0. The quantitative estimate of drug-likeness (QED) is 0.208. The van der Waals surface area contributed by atoms with Crippen molar-refractivity contribution in [1.29, 1.82) is 0 Å². The molecule has 0 bridgehead atoms. The normalized spacial score (nSPS) is 20.3. The second-order valence-electron chi connectivity index (χ2n) is 8.94. The van der Waals surface area contributed by atoms with E-state index in [9.17, 15) is 24.1 Å². The summed E-state index contributed by atoms with van der Waals surface area (Å²) in [5.74, 6) is -0.969. The van der Waals surface area contributed by atoms with Gasteiger partial charge in [-0.2, -0.15) is 0 Å². The van der Waals surface area contributed by atoms with Gasteiger partial charge in [0, 0.05) is 58.9 Å². The number of hydrogen-bond donors (Lipinski definition) is 4. The molecule has 14 nitrogen and oxygen atoms in total. The summed E-state index contributed by atoms with van der Waals surface area (Å²) in [5, 5.41) is 20.0. The molecule has 3 unspecified atom stereocenters. The SMILES string of the molecule is O=C(O)CN1CCN(CO[PH](=O)O)CCN(CO[PH](=O)O)CCN(CC(O)COCc2ccccc2)CC1. The molecule has 0 radical (unpaired) electrons. The van der Waals surface area contributed by atoms with Gasteiger partial charge in [-0.25, -0.2) is 0 Å². The summed E-state index contributed by atoms with van der Waals surface area (Å²) >= 11 is 0. The number of carboxylic acid groups (broad SMARTS) is 1. The van der Waals surface area contributed by atoms with Gasteiger partial charge in [-0.1, -0.05) is 30.3 Å². The first kappa shape index (κ1) is 33.0. The van der Waals surface area contributed by atoms with Crippen molar-refractivity contribution in [1.82, 2.24) is 19.6 Å². The van der Waals surface area contributed by atoms with E-state index in [0.29, 0.717) is 65.5 Å². The number of ether oxygens (including phenoxy) is 1. The van der Waals surface area contributed by atoms with Gasteiger partial charge in [-0.05, 0) is 5.56 Å². The average molecular weight is 583 g/mol. The van der Waals surface area contributed by atoms with Gasteiger partial charge >= 0.3 is 22.5 Å². The third kappa shape index (κ3) is 15.4. The Hall–Kier alpha value is -1.25. The second kappa shape index (κ2) is 18.9. The van der Waals surface area contributed by atoms with Crippen LogP contribution in [0.4, 0.5) is 0 Å². The number of carboxylic acids is 1. The van der Waals surface area contributed by atoms with Crippen LogP contribution in [0.3, 0.4) is 0 Å². The summed E-state index contributed by atoms with van der Waals surface area (Å²) in [6, 6.07) is 9.63. The first-order chi connectivity index (χ1) is 18.2. The number of benzene rings is 1. The van der Waals surface area contributed by atoms with Gasteiger partial charge in [0.2, 0.25) is 0 Å². The molecule has 0 saturated carbocycles. The maximum Gasteiger partial charge on any atom is 0.317 e. The molecule has 1 saturated heterocycles. The Morgan fingerprint density at radius 1 is 0.816 bits per heavy atom. The highest BCUT2D eigenvalue weighted by molar-refractivity contribution is 7.32. The van der Waals surface area contributed by atoms with E-state index in [4.69, 9.17) is 23.6 Å². The summed E-state index contributed by atoms with van der Waals surface area (Å²) in [7, 11) is -6.27.